The number of unbranched alkanes of at least 4 members (excludes halogenated alkanes) is 5. The van der Waals surface area contributed by atoms with E-state index >= 15 is 0 Å². The van der Waals surface area contributed by atoms with Gasteiger partial charge in [0, 0.05) is 14.2 Å². The molecule has 0 saturated carbocycles. The summed E-state index contributed by atoms with van der Waals surface area (Å²) in [4.78, 5) is 0. The molecule has 0 amide bonds. The minimum absolute atomic E-state index is 1.01. The highest BCUT2D eigenvalue weighted by Gasteiger charge is 2.34. The Morgan fingerprint density at radius 1 is 0.680 bits per heavy atom. The summed E-state index contributed by atoms with van der Waals surface area (Å²) >= 11 is 0. The first-order valence-electron chi connectivity index (χ1n) is 9.93. The third-order valence-corrected chi connectivity index (χ3v) is 17.4. The Morgan fingerprint density at radius 3 is 1.56 bits per heavy atom. The van der Waals surface area contributed by atoms with Crippen molar-refractivity contribution in [3.63, 3.8) is 0 Å². The molecule has 0 radical (unpaired) electrons. The van der Waals surface area contributed by atoms with Gasteiger partial charge >= 0.3 is 17.1 Å². The molecule has 0 aliphatic carbocycles. The lowest BCUT2D eigenvalue weighted by molar-refractivity contribution is 0.248. The van der Waals surface area contributed by atoms with Crippen molar-refractivity contribution in [2.24, 2.45) is 0 Å². The van der Waals surface area contributed by atoms with Crippen molar-refractivity contribution in [2.75, 3.05) is 14.2 Å². The Balaban J connectivity index is 3.83. The zero-order chi connectivity index (χ0) is 19.6. The van der Waals surface area contributed by atoms with Crippen molar-refractivity contribution in [2.45, 2.75) is 96.4 Å². The minimum Gasteiger partial charge on any atom is -0.440 e. The van der Waals surface area contributed by atoms with Crippen LogP contribution in [0.15, 0.2) is 0 Å². The summed E-state index contributed by atoms with van der Waals surface area (Å²) in [5.41, 5.74) is 0. The Morgan fingerprint density at radius 2 is 1.12 bits per heavy atom. The number of hydrogen-bond donors (Lipinski definition) is 0. The van der Waals surface area contributed by atoms with Crippen molar-refractivity contribution in [1.82, 2.24) is 0 Å². The van der Waals surface area contributed by atoms with Crippen LogP contribution in [-0.4, -0.2) is 48.7 Å². The van der Waals surface area contributed by atoms with E-state index in [9.17, 15) is 0 Å². The first-order chi connectivity index (χ1) is 11.5. The third-order valence-electron chi connectivity index (χ3n) is 4.56. The lowest BCUT2D eigenvalue weighted by Crippen LogP contribution is -2.48. The summed E-state index contributed by atoms with van der Waals surface area (Å²) in [5.74, 6) is 0. The molecule has 0 saturated heterocycles. The Kier molecular flexibility index (Phi) is 12.6. The fraction of sp³-hybridized carbons (Fsp3) is 1.00. The Labute approximate surface area is 162 Å². The predicted molar refractivity (Wildman–Crippen MR) is 119 cm³/mol. The molecule has 0 heterocycles. The molecular formula is C17H44O4Si4. The van der Waals surface area contributed by atoms with Crippen LogP contribution in [0.5, 0.6) is 0 Å². The van der Waals surface area contributed by atoms with Gasteiger partial charge in [-0.15, -0.1) is 0 Å². The molecule has 0 aromatic carbocycles. The highest BCUT2D eigenvalue weighted by molar-refractivity contribution is 6.84. The van der Waals surface area contributed by atoms with E-state index < -0.39 is 34.5 Å². The zero-order valence-corrected chi connectivity index (χ0v) is 22.5. The smallest absolute Gasteiger partial charge is 0.334 e. The van der Waals surface area contributed by atoms with E-state index in [0.29, 0.717) is 0 Å². The van der Waals surface area contributed by atoms with Crippen molar-refractivity contribution >= 4 is 34.5 Å². The lowest BCUT2D eigenvalue weighted by Gasteiger charge is -2.34. The first kappa shape index (κ1) is 25.7. The predicted octanol–water partition coefficient (Wildman–Crippen LogP) is 5.62. The summed E-state index contributed by atoms with van der Waals surface area (Å²) in [7, 11) is -2.79. The second-order valence-corrected chi connectivity index (χ2v) is 22.9. The van der Waals surface area contributed by atoms with Gasteiger partial charge in [0.1, 0.15) is 0 Å². The van der Waals surface area contributed by atoms with Gasteiger partial charge in [0.15, 0.2) is 17.4 Å². The van der Waals surface area contributed by atoms with Crippen LogP contribution in [0, 0.1) is 0 Å². The zero-order valence-electron chi connectivity index (χ0n) is 18.4. The quantitative estimate of drug-likeness (QED) is 0.253. The lowest BCUT2D eigenvalue weighted by atomic mass is 10.1. The number of rotatable bonds is 15. The summed E-state index contributed by atoms with van der Waals surface area (Å²) < 4.78 is 23.7. The van der Waals surface area contributed by atoms with E-state index in [0.717, 1.165) is 6.04 Å². The van der Waals surface area contributed by atoms with E-state index in [1.54, 1.807) is 14.2 Å². The van der Waals surface area contributed by atoms with Crippen molar-refractivity contribution < 1.29 is 17.1 Å². The Hall–Kier alpha value is 0.708. The van der Waals surface area contributed by atoms with Gasteiger partial charge in [-0.05, 0) is 57.9 Å². The van der Waals surface area contributed by atoms with Gasteiger partial charge < -0.3 is 17.1 Å². The molecule has 0 aromatic heterocycles. The number of hydrogen-bond acceptors (Lipinski definition) is 4. The summed E-state index contributed by atoms with van der Waals surface area (Å²) in [5, 5.41) is 0. The molecule has 0 unspecified atom stereocenters. The fourth-order valence-electron chi connectivity index (χ4n) is 3.30. The summed E-state index contributed by atoms with van der Waals surface area (Å²) in [6, 6.07) is 2.36. The van der Waals surface area contributed by atoms with Gasteiger partial charge in [0.2, 0.25) is 0 Å². The van der Waals surface area contributed by atoms with Crippen LogP contribution in [0.2, 0.25) is 57.9 Å². The normalized spacial score (nSPS) is 13.7. The van der Waals surface area contributed by atoms with Gasteiger partial charge in [-0.1, -0.05) is 38.5 Å². The van der Waals surface area contributed by atoms with E-state index in [1.807, 2.05) is 0 Å². The molecule has 8 heteroatoms. The van der Waals surface area contributed by atoms with Crippen LogP contribution in [0.3, 0.4) is 0 Å². The van der Waals surface area contributed by atoms with Crippen molar-refractivity contribution in [1.29, 1.82) is 0 Å². The van der Waals surface area contributed by atoms with Crippen LogP contribution in [0.1, 0.15) is 38.5 Å². The molecule has 152 valence electrons. The average molecular weight is 425 g/mol. The second kappa shape index (κ2) is 12.2. The molecule has 0 spiro atoms. The van der Waals surface area contributed by atoms with Crippen LogP contribution in [-0.2, 0) is 17.1 Å². The van der Waals surface area contributed by atoms with E-state index in [1.165, 1.54) is 44.6 Å². The largest absolute Gasteiger partial charge is 0.440 e. The standard InChI is InChI=1S/C17H44O4Si4/c1-18-25(9,19-2)17-15-13-11-10-12-14-16-23(5,6)21-24(7,8)20-22(3)4/h22H,10-17H2,1-9H3. The Bertz CT molecular complexity index is 348. The van der Waals surface area contributed by atoms with Gasteiger partial charge in [0.05, 0.1) is 0 Å². The molecule has 0 rings (SSSR count). The molecule has 0 bridgehead atoms. The first-order valence-corrected chi connectivity index (χ1v) is 21.2. The molecule has 0 aliphatic rings. The molecular weight excluding hydrogens is 381 g/mol. The van der Waals surface area contributed by atoms with Crippen LogP contribution in [0.4, 0.5) is 0 Å². The third kappa shape index (κ3) is 13.5. The molecule has 0 N–H and O–H groups in total. The molecule has 25 heavy (non-hydrogen) atoms. The van der Waals surface area contributed by atoms with Gasteiger partial charge in [-0.3, -0.25) is 0 Å². The maximum Gasteiger partial charge on any atom is 0.334 e. The van der Waals surface area contributed by atoms with Crippen LogP contribution >= 0.6 is 0 Å². The summed E-state index contributed by atoms with van der Waals surface area (Å²) in [6.45, 7) is 15.8. The van der Waals surface area contributed by atoms with Gasteiger partial charge in [-0.2, -0.15) is 0 Å². The van der Waals surface area contributed by atoms with Crippen LogP contribution < -0.4 is 0 Å². The maximum atomic E-state index is 6.51. The highest BCUT2D eigenvalue weighted by Crippen LogP contribution is 2.23. The van der Waals surface area contributed by atoms with Crippen LogP contribution in [0.25, 0.3) is 0 Å². The SMILES string of the molecule is CO[Si](C)(CCCCCCCC[Si](C)(C)O[Si](C)(C)O[SiH](C)C)OC. The molecule has 0 fully saturated rings. The van der Waals surface area contributed by atoms with Crippen molar-refractivity contribution in [3.05, 3.63) is 0 Å². The molecule has 0 aromatic rings. The molecule has 4 nitrogen and oxygen atoms in total. The fourth-order valence-corrected chi connectivity index (χ4v) is 16.8. The van der Waals surface area contributed by atoms with Gasteiger partial charge in [0.25, 0.3) is 0 Å². The van der Waals surface area contributed by atoms with E-state index in [-0.39, 0.29) is 0 Å². The maximum absolute atomic E-state index is 6.51. The average Bonchev–Trinajstić information content (AvgIpc) is 2.47. The van der Waals surface area contributed by atoms with E-state index in [4.69, 9.17) is 17.1 Å². The van der Waals surface area contributed by atoms with Crippen molar-refractivity contribution in [3.8, 4) is 0 Å². The molecule has 0 aliphatic heterocycles. The highest BCUT2D eigenvalue weighted by atomic mass is 28.5. The minimum atomic E-state index is -1.91. The van der Waals surface area contributed by atoms with Gasteiger partial charge in [-0.25, -0.2) is 0 Å². The second-order valence-electron chi connectivity index (χ2n) is 8.59. The summed E-state index contributed by atoms with van der Waals surface area (Å²) in [6.07, 6.45) is 7.79. The van der Waals surface area contributed by atoms with E-state index in [2.05, 4.69) is 45.8 Å². The molecule has 0 atom stereocenters. The monoisotopic (exact) mass is 424 g/mol. The topological polar surface area (TPSA) is 36.9 Å².